The largest absolute Gasteiger partial charge is 0.392 e. The summed E-state index contributed by atoms with van der Waals surface area (Å²) in [6.45, 7) is 3.38. The molecule has 0 aromatic carbocycles. The second-order valence-corrected chi connectivity index (χ2v) is 4.50. The molecule has 106 valence electrons. The smallest absolute Gasteiger partial charge is 0.270 e. The van der Waals surface area contributed by atoms with E-state index in [0.29, 0.717) is 5.69 Å². The van der Waals surface area contributed by atoms with Crippen LogP contribution < -0.4 is 11.1 Å². The summed E-state index contributed by atoms with van der Waals surface area (Å²) in [5, 5.41) is 15.7. The number of fused-ring (bicyclic) bond motifs is 1. The lowest BCUT2D eigenvalue weighted by molar-refractivity contribution is 0.0915. The van der Waals surface area contributed by atoms with Crippen molar-refractivity contribution in [2.75, 3.05) is 6.54 Å². The number of hydrogen-bond donors (Lipinski definition) is 3. The maximum atomic E-state index is 12.1. The SMILES string of the molecule is Cc1cc(C(=O)NC[C@H](C)O)n2ncc(C(N)=O)c2n1. The highest BCUT2D eigenvalue weighted by Crippen LogP contribution is 2.12. The molecule has 0 spiro atoms. The maximum absolute atomic E-state index is 12.1. The lowest BCUT2D eigenvalue weighted by Crippen LogP contribution is -2.32. The van der Waals surface area contributed by atoms with Crippen molar-refractivity contribution in [1.29, 1.82) is 0 Å². The van der Waals surface area contributed by atoms with Crippen LogP contribution in [-0.4, -0.2) is 44.2 Å². The molecule has 8 nitrogen and oxygen atoms in total. The number of primary amides is 1. The van der Waals surface area contributed by atoms with Gasteiger partial charge in [0.2, 0.25) is 0 Å². The van der Waals surface area contributed by atoms with Crippen LogP contribution in [0, 0.1) is 6.92 Å². The van der Waals surface area contributed by atoms with Gasteiger partial charge in [-0.25, -0.2) is 9.50 Å². The number of aliphatic hydroxyl groups excluding tert-OH is 1. The summed E-state index contributed by atoms with van der Waals surface area (Å²) in [5.41, 5.74) is 6.40. The van der Waals surface area contributed by atoms with Gasteiger partial charge in [-0.15, -0.1) is 0 Å². The fourth-order valence-electron chi connectivity index (χ4n) is 1.75. The lowest BCUT2D eigenvalue weighted by atomic mass is 10.2. The molecule has 2 rings (SSSR count). The number of nitrogens with one attached hydrogen (secondary N) is 1. The van der Waals surface area contributed by atoms with Crippen molar-refractivity contribution in [3.05, 3.63) is 29.2 Å². The van der Waals surface area contributed by atoms with Crippen LogP contribution >= 0.6 is 0 Å². The van der Waals surface area contributed by atoms with Crippen LogP contribution in [0.25, 0.3) is 5.65 Å². The minimum atomic E-state index is -0.659. The first-order chi connectivity index (χ1) is 9.40. The lowest BCUT2D eigenvalue weighted by Gasteiger charge is -2.09. The zero-order valence-electron chi connectivity index (χ0n) is 11.1. The monoisotopic (exact) mass is 277 g/mol. The fourth-order valence-corrected chi connectivity index (χ4v) is 1.75. The van der Waals surface area contributed by atoms with Crippen LogP contribution in [0.3, 0.4) is 0 Å². The molecule has 0 aliphatic heterocycles. The van der Waals surface area contributed by atoms with Crippen LogP contribution in [0.15, 0.2) is 12.3 Å². The van der Waals surface area contributed by atoms with Crippen LogP contribution in [0.1, 0.15) is 33.5 Å². The number of aliphatic hydroxyl groups is 1. The predicted molar refractivity (Wildman–Crippen MR) is 70.3 cm³/mol. The Morgan fingerprint density at radius 2 is 2.25 bits per heavy atom. The van der Waals surface area contributed by atoms with Crippen LogP contribution in [0.2, 0.25) is 0 Å². The third-order valence-electron chi connectivity index (χ3n) is 2.66. The average molecular weight is 277 g/mol. The highest BCUT2D eigenvalue weighted by atomic mass is 16.3. The minimum Gasteiger partial charge on any atom is -0.392 e. The fraction of sp³-hybridized carbons (Fsp3) is 0.333. The van der Waals surface area contributed by atoms with Gasteiger partial charge in [-0.1, -0.05) is 0 Å². The van der Waals surface area contributed by atoms with Gasteiger partial charge in [0, 0.05) is 12.2 Å². The molecule has 0 saturated heterocycles. The second-order valence-electron chi connectivity index (χ2n) is 4.50. The summed E-state index contributed by atoms with van der Waals surface area (Å²) in [5.74, 6) is -1.08. The van der Waals surface area contributed by atoms with E-state index in [4.69, 9.17) is 5.73 Å². The van der Waals surface area contributed by atoms with Gasteiger partial charge in [-0.05, 0) is 19.9 Å². The Hall–Kier alpha value is -2.48. The zero-order chi connectivity index (χ0) is 14.9. The van der Waals surface area contributed by atoms with Gasteiger partial charge in [-0.2, -0.15) is 5.10 Å². The van der Waals surface area contributed by atoms with Gasteiger partial charge in [0.1, 0.15) is 11.3 Å². The Bertz CT molecular complexity index is 677. The van der Waals surface area contributed by atoms with E-state index in [-0.39, 0.29) is 23.4 Å². The summed E-state index contributed by atoms with van der Waals surface area (Å²) < 4.78 is 1.25. The molecule has 4 N–H and O–H groups in total. The molecule has 0 fully saturated rings. The molecule has 0 aliphatic rings. The normalized spacial score (nSPS) is 12.3. The summed E-state index contributed by atoms with van der Waals surface area (Å²) in [4.78, 5) is 27.5. The molecular formula is C12H15N5O3. The molecule has 0 bridgehead atoms. The van der Waals surface area contributed by atoms with Crippen molar-refractivity contribution in [3.8, 4) is 0 Å². The third-order valence-corrected chi connectivity index (χ3v) is 2.66. The predicted octanol–water partition coefficient (Wildman–Crippen LogP) is -0.753. The van der Waals surface area contributed by atoms with Gasteiger partial charge < -0.3 is 16.2 Å². The Kier molecular flexibility index (Phi) is 3.66. The summed E-state index contributed by atoms with van der Waals surface area (Å²) >= 11 is 0. The Morgan fingerprint density at radius 1 is 1.55 bits per heavy atom. The molecule has 2 heterocycles. The standard InChI is InChI=1S/C12H15N5O3/c1-6-3-9(12(20)14-4-7(2)18)17-11(16-6)8(5-15-17)10(13)19/h3,5,7,18H,4H2,1-2H3,(H2,13,19)(H,14,20)/t7-/m0/s1. The van der Waals surface area contributed by atoms with E-state index in [0.717, 1.165) is 0 Å². The van der Waals surface area contributed by atoms with Crippen LogP contribution in [0.4, 0.5) is 0 Å². The van der Waals surface area contributed by atoms with E-state index >= 15 is 0 Å². The van der Waals surface area contributed by atoms with Crippen LogP contribution in [0.5, 0.6) is 0 Å². The summed E-state index contributed by atoms with van der Waals surface area (Å²) in [6, 6.07) is 1.54. The summed E-state index contributed by atoms with van der Waals surface area (Å²) in [7, 11) is 0. The number of carbonyl (C=O) groups is 2. The molecule has 2 aromatic heterocycles. The maximum Gasteiger partial charge on any atom is 0.270 e. The molecule has 20 heavy (non-hydrogen) atoms. The van der Waals surface area contributed by atoms with Crippen LogP contribution in [-0.2, 0) is 0 Å². The first-order valence-corrected chi connectivity index (χ1v) is 6.01. The zero-order valence-corrected chi connectivity index (χ0v) is 11.1. The van der Waals surface area contributed by atoms with E-state index in [9.17, 15) is 14.7 Å². The molecule has 0 aliphatic carbocycles. The number of nitrogens with zero attached hydrogens (tertiary/aromatic N) is 3. The Morgan fingerprint density at radius 3 is 2.85 bits per heavy atom. The first kappa shape index (κ1) is 13.9. The van der Waals surface area contributed by atoms with E-state index in [2.05, 4.69) is 15.4 Å². The van der Waals surface area contributed by atoms with Crippen molar-refractivity contribution < 1.29 is 14.7 Å². The molecule has 8 heteroatoms. The average Bonchev–Trinajstić information content (AvgIpc) is 2.78. The van der Waals surface area contributed by atoms with Crippen molar-refractivity contribution in [3.63, 3.8) is 0 Å². The topological polar surface area (TPSA) is 123 Å². The number of carbonyl (C=O) groups excluding carboxylic acids is 2. The van der Waals surface area contributed by atoms with Gasteiger partial charge in [-0.3, -0.25) is 9.59 Å². The van der Waals surface area contributed by atoms with Crippen molar-refractivity contribution >= 4 is 17.5 Å². The highest BCUT2D eigenvalue weighted by molar-refractivity contribution is 6.00. The van der Waals surface area contributed by atoms with Crippen molar-refractivity contribution in [2.45, 2.75) is 20.0 Å². The second kappa shape index (κ2) is 5.25. The van der Waals surface area contributed by atoms with E-state index < -0.39 is 17.9 Å². The number of hydrogen-bond acceptors (Lipinski definition) is 5. The van der Waals surface area contributed by atoms with E-state index in [1.165, 1.54) is 10.7 Å². The van der Waals surface area contributed by atoms with Gasteiger partial charge >= 0.3 is 0 Å². The first-order valence-electron chi connectivity index (χ1n) is 6.01. The number of rotatable bonds is 4. The molecule has 0 saturated carbocycles. The summed E-state index contributed by atoms with van der Waals surface area (Å²) in [6.07, 6.45) is 0.617. The van der Waals surface area contributed by atoms with Gasteiger partial charge in [0.25, 0.3) is 11.8 Å². The molecule has 2 amide bonds. The molecule has 1 atom stereocenters. The van der Waals surface area contributed by atoms with Crippen molar-refractivity contribution in [2.24, 2.45) is 5.73 Å². The Labute approximate surface area is 114 Å². The number of aromatic nitrogens is 3. The van der Waals surface area contributed by atoms with E-state index in [1.54, 1.807) is 19.9 Å². The number of aryl methyl sites for hydroxylation is 1. The molecule has 0 unspecified atom stereocenters. The number of amides is 2. The highest BCUT2D eigenvalue weighted by Gasteiger charge is 2.18. The Balaban J connectivity index is 2.48. The van der Waals surface area contributed by atoms with E-state index in [1.807, 2.05) is 0 Å². The third kappa shape index (κ3) is 2.59. The van der Waals surface area contributed by atoms with Crippen molar-refractivity contribution in [1.82, 2.24) is 19.9 Å². The molecule has 2 aromatic rings. The quantitative estimate of drug-likeness (QED) is 0.678. The molecular weight excluding hydrogens is 262 g/mol. The van der Waals surface area contributed by atoms with Gasteiger partial charge in [0.15, 0.2) is 5.65 Å². The minimum absolute atomic E-state index is 0.117. The number of nitrogens with two attached hydrogens (primary N) is 1. The molecule has 0 radical (unpaired) electrons. The van der Waals surface area contributed by atoms with Gasteiger partial charge in [0.05, 0.1) is 12.3 Å².